The number of nitrogens with one attached hydrogen (secondary N) is 1. The van der Waals surface area contributed by atoms with Crippen LogP contribution in [0, 0.1) is 0 Å². The summed E-state index contributed by atoms with van der Waals surface area (Å²) in [4.78, 5) is 14.6. The summed E-state index contributed by atoms with van der Waals surface area (Å²) < 4.78 is 4.94. The van der Waals surface area contributed by atoms with Crippen molar-refractivity contribution in [3.05, 3.63) is 41.7 Å². The highest BCUT2D eigenvalue weighted by atomic mass is 16.5. The van der Waals surface area contributed by atoms with Crippen molar-refractivity contribution in [1.29, 1.82) is 0 Å². The highest BCUT2D eigenvalue weighted by Gasteiger charge is 2.16. The third kappa shape index (κ3) is 2.62. The lowest BCUT2D eigenvalue weighted by Gasteiger charge is -2.03. The van der Waals surface area contributed by atoms with Crippen molar-refractivity contribution in [3.8, 4) is 11.1 Å². The van der Waals surface area contributed by atoms with Gasteiger partial charge >= 0.3 is 5.97 Å². The van der Waals surface area contributed by atoms with Crippen LogP contribution in [0.15, 0.2) is 30.5 Å². The number of carbonyl (C=O) groups is 1. The predicted molar refractivity (Wildman–Crippen MR) is 76.0 cm³/mol. The van der Waals surface area contributed by atoms with E-state index in [9.17, 15) is 4.79 Å². The molecule has 0 atom stereocenters. The lowest BCUT2D eigenvalue weighted by molar-refractivity contribution is 0.0521. The number of hydrogen-bond acceptors (Lipinski definition) is 3. The average Bonchev–Trinajstić information content (AvgIpc) is 2.81. The lowest BCUT2D eigenvalue weighted by Crippen LogP contribution is -2.07. The number of anilines is 1. The van der Waals surface area contributed by atoms with E-state index in [-0.39, 0.29) is 0 Å². The number of carbonyl (C=O) groups excluding carboxylic acids is 1. The van der Waals surface area contributed by atoms with Crippen LogP contribution in [0.25, 0.3) is 11.1 Å². The van der Waals surface area contributed by atoms with E-state index in [1.807, 2.05) is 12.1 Å². The van der Waals surface area contributed by atoms with E-state index in [1.165, 1.54) is 5.56 Å². The molecule has 19 heavy (non-hydrogen) atoms. The molecule has 1 aromatic heterocycles. The van der Waals surface area contributed by atoms with E-state index >= 15 is 0 Å². The molecule has 0 saturated heterocycles. The zero-order chi connectivity index (χ0) is 13.8. The minimum absolute atomic E-state index is 0.316. The van der Waals surface area contributed by atoms with Gasteiger partial charge in [0.1, 0.15) is 5.69 Å². The van der Waals surface area contributed by atoms with E-state index < -0.39 is 5.97 Å². The zero-order valence-electron chi connectivity index (χ0n) is 11.2. The maximum absolute atomic E-state index is 11.7. The van der Waals surface area contributed by atoms with Gasteiger partial charge in [0.15, 0.2) is 0 Å². The number of hydrogen-bond donors (Lipinski definition) is 2. The molecule has 0 aliphatic rings. The van der Waals surface area contributed by atoms with Crippen LogP contribution in [0.1, 0.15) is 29.9 Å². The van der Waals surface area contributed by atoms with E-state index in [0.717, 1.165) is 17.5 Å². The molecule has 2 rings (SSSR count). The second kappa shape index (κ2) is 5.61. The average molecular weight is 258 g/mol. The predicted octanol–water partition coefficient (Wildman–Crippen LogP) is 3.00. The summed E-state index contributed by atoms with van der Waals surface area (Å²) >= 11 is 0. The molecule has 0 fully saturated rings. The molecule has 0 bridgehead atoms. The number of ether oxygens (including phenoxy) is 1. The molecule has 4 nitrogen and oxygen atoms in total. The number of aryl methyl sites for hydroxylation is 1. The van der Waals surface area contributed by atoms with Gasteiger partial charge in [-0.3, -0.25) is 0 Å². The van der Waals surface area contributed by atoms with Crippen molar-refractivity contribution >= 4 is 11.7 Å². The summed E-state index contributed by atoms with van der Waals surface area (Å²) in [7, 11) is 0. The van der Waals surface area contributed by atoms with E-state index in [2.05, 4.69) is 24.0 Å². The van der Waals surface area contributed by atoms with Crippen molar-refractivity contribution < 1.29 is 9.53 Å². The summed E-state index contributed by atoms with van der Waals surface area (Å²) in [6.45, 7) is 4.21. The number of aromatic nitrogens is 1. The molecule has 4 heteroatoms. The quantitative estimate of drug-likeness (QED) is 0.828. The molecular formula is C15H18N2O2. The summed E-state index contributed by atoms with van der Waals surface area (Å²) in [5.74, 6) is -0.420. The normalized spacial score (nSPS) is 10.4. The zero-order valence-corrected chi connectivity index (χ0v) is 11.2. The first-order valence-corrected chi connectivity index (χ1v) is 6.40. The van der Waals surface area contributed by atoms with Crippen molar-refractivity contribution in [1.82, 2.24) is 4.98 Å². The third-order valence-electron chi connectivity index (χ3n) is 3.07. The van der Waals surface area contributed by atoms with Gasteiger partial charge < -0.3 is 15.5 Å². The number of esters is 1. The molecule has 0 spiro atoms. The third-order valence-corrected chi connectivity index (χ3v) is 3.07. The van der Waals surface area contributed by atoms with Crippen molar-refractivity contribution in [2.24, 2.45) is 0 Å². The van der Waals surface area contributed by atoms with E-state index in [1.54, 1.807) is 13.1 Å². The summed E-state index contributed by atoms with van der Waals surface area (Å²) in [6.07, 6.45) is 2.74. The number of aromatic amines is 1. The Bertz CT molecular complexity index is 570. The van der Waals surface area contributed by atoms with Crippen LogP contribution >= 0.6 is 0 Å². The van der Waals surface area contributed by atoms with Gasteiger partial charge in [-0.15, -0.1) is 0 Å². The van der Waals surface area contributed by atoms with Crippen LogP contribution in [0.2, 0.25) is 0 Å². The molecule has 3 N–H and O–H groups in total. The molecule has 1 aromatic carbocycles. The molecule has 0 amide bonds. The Kier molecular flexibility index (Phi) is 3.90. The van der Waals surface area contributed by atoms with Gasteiger partial charge in [0, 0.05) is 11.8 Å². The van der Waals surface area contributed by atoms with Crippen LogP contribution in [0.3, 0.4) is 0 Å². The van der Waals surface area contributed by atoms with Crippen molar-refractivity contribution in [2.75, 3.05) is 12.3 Å². The molecule has 1 heterocycles. The molecule has 0 unspecified atom stereocenters. The second-order valence-electron chi connectivity index (χ2n) is 4.26. The van der Waals surface area contributed by atoms with Crippen LogP contribution in [-0.4, -0.2) is 17.6 Å². The first-order chi connectivity index (χ1) is 9.17. The standard InChI is InChI=1S/C15H18N2O2/c1-3-10-5-7-11(8-6-10)12-9-17-14(13(12)16)15(18)19-4-2/h5-9,17H,3-4,16H2,1-2H3. The molecule has 0 aliphatic carbocycles. The molecule has 0 aliphatic heterocycles. The molecule has 0 saturated carbocycles. The maximum Gasteiger partial charge on any atom is 0.356 e. The number of nitrogen functional groups attached to an aromatic ring is 1. The van der Waals surface area contributed by atoms with Crippen molar-refractivity contribution in [2.45, 2.75) is 20.3 Å². The minimum atomic E-state index is -0.420. The van der Waals surface area contributed by atoms with Crippen LogP contribution in [0.5, 0.6) is 0 Å². The van der Waals surface area contributed by atoms with Gasteiger partial charge in [0.2, 0.25) is 0 Å². The fourth-order valence-corrected chi connectivity index (χ4v) is 1.97. The summed E-state index contributed by atoms with van der Waals surface area (Å²) in [5, 5.41) is 0. The van der Waals surface area contributed by atoms with Crippen LogP contribution < -0.4 is 5.73 Å². The first kappa shape index (κ1) is 13.2. The number of rotatable bonds is 4. The number of nitrogens with two attached hydrogens (primary N) is 1. The van der Waals surface area contributed by atoms with Gasteiger partial charge in [0.05, 0.1) is 12.3 Å². The summed E-state index contributed by atoms with van der Waals surface area (Å²) in [5.41, 5.74) is 9.83. The Morgan fingerprint density at radius 3 is 2.53 bits per heavy atom. The molecule has 2 aromatic rings. The fraction of sp³-hybridized carbons (Fsp3) is 0.267. The van der Waals surface area contributed by atoms with E-state index in [0.29, 0.717) is 18.0 Å². The van der Waals surface area contributed by atoms with Crippen LogP contribution in [-0.2, 0) is 11.2 Å². The topological polar surface area (TPSA) is 68.1 Å². The SMILES string of the molecule is CCOC(=O)c1[nH]cc(-c2ccc(CC)cc2)c1N. The fourth-order valence-electron chi connectivity index (χ4n) is 1.97. The molecular weight excluding hydrogens is 240 g/mol. The van der Waals surface area contributed by atoms with Gasteiger partial charge in [-0.25, -0.2) is 4.79 Å². The minimum Gasteiger partial charge on any atom is -0.461 e. The summed E-state index contributed by atoms with van der Waals surface area (Å²) in [6, 6.07) is 8.14. The Hall–Kier alpha value is -2.23. The Balaban J connectivity index is 2.32. The van der Waals surface area contributed by atoms with Gasteiger partial charge in [0.25, 0.3) is 0 Å². The lowest BCUT2D eigenvalue weighted by atomic mass is 10.0. The Morgan fingerprint density at radius 2 is 1.95 bits per heavy atom. The largest absolute Gasteiger partial charge is 0.461 e. The highest BCUT2D eigenvalue weighted by Crippen LogP contribution is 2.29. The number of H-pyrrole nitrogens is 1. The van der Waals surface area contributed by atoms with Gasteiger partial charge in [-0.05, 0) is 24.5 Å². The number of benzene rings is 1. The van der Waals surface area contributed by atoms with Gasteiger partial charge in [-0.2, -0.15) is 0 Å². The smallest absolute Gasteiger partial charge is 0.356 e. The maximum atomic E-state index is 11.7. The monoisotopic (exact) mass is 258 g/mol. The second-order valence-corrected chi connectivity index (χ2v) is 4.26. The van der Waals surface area contributed by atoms with E-state index in [4.69, 9.17) is 10.5 Å². The first-order valence-electron chi connectivity index (χ1n) is 6.40. The van der Waals surface area contributed by atoms with Crippen LogP contribution in [0.4, 0.5) is 5.69 Å². The molecule has 100 valence electrons. The van der Waals surface area contributed by atoms with Crippen molar-refractivity contribution in [3.63, 3.8) is 0 Å². The Labute approximate surface area is 112 Å². The van der Waals surface area contributed by atoms with Gasteiger partial charge in [-0.1, -0.05) is 31.2 Å². The highest BCUT2D eigenvalue weighted by molar-refractivity contribution is 5.98. The Morgan fingerprint density at radius 1 is 1.26 bits per heavy atom. The molecule has 0 radical (unpaired) electrons.